The van der Waals surface area contributed by atoms with Gasteiger partial charge >= 0.3 is 0 Å². The highest BCUT2D eigenvalue weighted by molar-refractivity contribution is 6.30. The summed E-state index contributed by atoms with van der Waals surface area (Å²) in [6, 6.07) is 8.04. The third-order valence-corrected chi connectivity index (χ3v) is 4.04. The van der Waals surface area contributed by atoms with Crippen LogP contribution in [0.1, 0.15) is 47.1 Å². The Morgan fingerprint density at radius 1 is 1.04 bits per heavy atom. The van der Waals surface area contributed by atoms with Gasteiger partial charge in [-0.25, -0.2) is 0 Å². The van der Waals surface area contributed by atoms with E-state index in [1.165, 1.54) is 11.3 Å². The van der Waals surface area contributed by atoms with Crippen molar-refractivity contribution >= 4 is 17.3 Å². The van der Waals surface area contributed by atoms with E-state index in [2.05, 4.69) is 63.0 Å². The minimum atomic E-state index is 0.430. The Hall–Kier alpha value is -1.80. The largest absolute Gasteiger partial charge is 0.367 e. The molecule has 0 spiro atoms. The van der Waals surface area contributed by atoms with Gasteiger partial charge in [0.15, 0.2) is 0 Å². The summed E-state index contributed by atoms with van der Waals surface area (Å²) < 4.78 is 0. The van der Waals surface area contributed by atoms with E-state index in [0.29, 0.717) is 17.5 Å². The maximum absolute atomic E-state index is 8.12. The Morgan fingerprint density at radius 3 is 2.19 bits per heavy atom. The molecule has 0 radical (unpaired) electrons. The molecular weight excluding hydrogens is 340 g/mol. The van der Waals surface area contributed by atoms with Gasteiger partial charge in [-0.1, -0.05) is 71.4 Å². The van der Waals surface area contributed by atoms with Crippen LogP contribution in [0.3, 0.4) is 0 Å². The molecule has 2 rings (SSSR count). The number of halogens is 1. The zero-order chi connectivity index (χ0) is 19.7. The molecule has 0 bridgehead atoms. The summed E-state index contributed by atoms with van der Waals surface area (Å²) in [5.74, 6) is 0.990. The van der Waals surface area contributed by atoms with Crippen LogP contribution in [-0.2, 0) is 6.54 Å². The average molecular weight is 373 g/mol. The molecule has 3 heteroatoms. The highest BCUT2D eigenvalue weighted by atomic mass is 35.5. The SMILES string of the molecule is CC.CC(C)/C=C1/C=C(N(Cc2ccc(Cl)cc2)CC(C)C)C=CC1=N. The molecule has 0 atom stereocenters. The van der Waals surface area contributed by atoms with Crippen molar-refractivity contribution in [1.29, 1.82) is 5.41 Å². The number of hydrogen-bond donors (Lipinski definition) is 1. The van der Waals surface area contributed by atoms with Gasteiger partial charge in [-0.15, -0.1) is 0 Å². The maximum Gasteiger partial charge on any atom is 0.0610 e. The van der Waals surface area contributed by atoms with Crippen molar-refractivity contribution in [2.24, 2.45) is 11.8 Å². The first-order chi connectivity index (χ1) is 12.3. The lowest BCUT2D eigenvalue weighted by molar-refractivity contribution is 0.305. The first-order valence-electron chi connectivity index (χ1n) is 9.55. The average Bonchev–Trinajstić information content (AvgIpc) is 2.59. The Balaban J connectivity index is 0.00000163. The molecule has 142 valence electrons. The van der Waals surface area contributed by atoms with Crippen LogP contribution in [0, 0.1) is 17.2 Å². The first-order valence-corrected chi connectivity index (χ1v) is 9.93. The fraction of sp³-hybridized carbons (Fsp3) is 0.435. The number of allylic oxidation sites excluding steroid dienone is 5. The molecule has 1 aliphatic rings. The van der Waals surface area contributed by atoms with Gasteiger partial charge in [-0.3, -0.25) is 0 Å². The highest BCUT2D eigenvalue weighted by Crippen LogP contribution is 2.22. The van der Waals surface area contributed by atoms with E-state index in [0.717, 1.165) is 23.7 Å². The molecule has 0 fully saturated rings. The fourth-order valence-electron chi connectivity index (χ4n) is 2.76. The topological polar surface area (TPSA) is 27.1 Å². The molecule has 0 saturated heterocycles. The summed E-state index contributed by atoms with van der Waals surface area (Å²) in [5, 5.41) is 8.89. The van der Waals surface area contributed by atoms with Crippen LogP contribution in [0.25, 0.3) is 0 Å². The second-order valence-corrected chi connectivity index (χ2v) is 7.52. The first kappa shape index (κ1) is 22.2. The van der Waals surface area contributed by atoms with Crippen molar-refractivity contribution in [3.8, 4) is 0 Å². The Kier molecular flexibility index (Phi) is 9.43. The number of rotatable bonds is 6. The van der Waals surface area contributed by atoms with Crippen molar-refractivity contribution in [2.45, 2.75) is 48.1 Å². The molecule has 26 heavy (non-hydrogen) atoms. The highest BCUT2D eigenvalue weighted by Gasteiger charge is 2.15. The molecule has 0 heterocycles. The zero-order valence-electron chi connectivity index (χ0n) is 17.0. The molecule has 1 aromatic carbocycles. The van der Waals surface area contributed by atoms with Crippen LogP contribution in [0.5, 0.6) is 0 Å². The third-order valence-electron chi connectivity index (χ3n) is 3.79. The van der Waals surface area contributed by atoms with E-state index in [1.807, 2.05) is 32.1 Å². The number of benzene rings is 1. The molecule has 0 saturated carbocycles. The van der Waals surface area contributed by atoms with Crippen molar-refractivity contribution < 1.29 is 0 Å². The number of nitrogens with one attached hydrogen (secondary N) is 1. The monoisotopic (exact) mass is 372 g/mol. The minimum absolute atomic E-state index is 0.430. The van der Waals surface area contributed by atoms with Gasteiger partial charge in [-0.2, -0.15) is 0 Å². The molecule has 0 unspecified atom stereocenters. The van der Waals surface area contributed by atoms with Crippen LogP contribution in [0.4, 0.5) is 0 Å². The van der Waals surface area contributed by atoms with Gasteiger partial charge in [-0.05, 0) is 53.3 Å². The second-order valence-electron chi connectivity index (χ2n) is 7.08. The van der Waals surface area contributed by atoms with Crippen molar-refractivity contribution in [2.75, 3.05) is 6.54 Å². The van der Waals surface area contributed by atoms with E-state index < -0.39 is 0 Å². The summed E-state index contributed by atoms with van der Waals surface area (Å²) in [5.41, 5.74) is 4.00. The van der Waals surface area contributed by atoms with Gasteiger partial charge in [0.25, 0.3) is 0 Å². The molecule has 1 aromatic rings. The summed E-state index contributed by atoms with van der Waals surface area (Å²) in [6.45, 7) is 14.6. The van der Waals surface area contributed by atoms with Gasteiger partial charge in [0, 0.05) is 23.8 Å². The smallest absolute Gasteiger partial charge is 0.0610 e. The van der Waals surface area contributed by atoms with E-state index in [-0.39, 0.29) is 0 Å². The van der Waals surface area contributed by atoms with Crippen molar-refractivity contribution in [3.63, 3.8) is 0 Å². The molecule has 2 nitrogen and oxygen atoms in total. The summed E-state index contributed by atoms with van der Waals surface area (Å²) in [7, 11) is 0. The normalized spacial score (nSPS) is 15.2. The van der Waals surface area contributed by atoms with E-state index in [9.17, 15) is 0 Å². The van der Waals surface area contributed by atoms with Gasteiger partial charge in [0.05, 0.1) is 5.71 Å². The Morgan fingerprint density at radius 2 is 1.65 bits per heavy atom. The Bertz CT molecular complexity index is 664. The predicted molar refractivity (Wildman–Crippen MR) is 116 cm³/mol. The number of hydrogen-bond acceptors (Lipinski definition) is 2. The lowest BCUT2D eigenvalue weighted by Gasteiger charge is -2.29. The van der Waals surface area contributed by atoms with Gasteiger partial charge < -0.3 is 10.3 Å². The van der Waals surface area contributed by atoms with Crippen LogP contribution in [0.15, 0.2) is 59.8 Å². The van der Waals surface area contributed by atoms with E-state index >= 15 is 0 Å². The third kappa shape index (κ3) is 7.21. The van der Waals surface area contributed by atoms with Crippen LogP contribution in [0.2, 0.25) is 5.02 Å². The van der Waals surface area contributed by atoms with E-state index in [1.54, 1.807) is 0 Å². The quantitative estimate of drug-likeness (QED) is 0.578. The summed E-state index contributed by atoms with van der Waals surface area (Å²) in [4.78, 5) is 2.38. The summed E-state index contributed by atoms with van der Waals surface area (Å²) >= 11 is 6.00. The molecule has 1 aliphatic carbocycles. The van der Waals surface area contributed by atoms with Gasteiger partial charge in [0.2, 0.25) is 0 Å². The maximum atomic E-state index is 8.12. The molecule has 0 amide bonds. The zero-order valence-corrected chi connectivity index (χ0v) is 17.8. The minimum Gasteiger partial charge on any atom is -0.367 e. The van der Waals surface area contributed by atoms with Crippen LogP contribution in [-0.4, -0.2) is 17.2 Å². The van der Waals surface area contributed by atoms with Crippen LogP contribution < -0.4 is 0 Å². The standard InChI is InChI=1S/C21H27ClN2.C2H6/c1-15(2)11-18-12-20(9-10-21(18)23)24(13-16(3)4)14-17-5-7-19(22)8-6-17;1-2/h5-12,15-16,23H,13-14H2,1-4H3;1-2H3/b18-11-,23-21?;. The van der Waals surface area contributed by atoms with Crippen molar-refractivity contribution in [1.82, 2.24) is 4.90 Å². The van der Waals surface area contributed by atoms with Crippen molar-refractivity contribution in [3.05, 3.63) is 70.4 Å². The molecule has 0 aliphatic heterocycles. The Labute approximate surface area is 164 Å². The second kappa shape index (κ2) is 11.0. The van der Waals surface area contributed by atoms with Crippen LogP contribution >= 0.6 is 11.6 Å². The molecule has 0 aromatic heterocycles. The summed E-state index contributed by atoms with van der Waals surface area (Å²) in [6.07, 6.45) is 8.25. The van der Waals surface area contributed by atoms with Gasteiger partial charge in [0.1, 0.15) is 0 Å². The lowest BCUT2D eigenvalue weighted by Crippen LogP contribution is -2.27. The lowest BCUT2D eigenvalue weighted by atomic mass is 9.98. The fourth-order valence-corrected chi connectivity index (χ4v) is 2.88. The molecular formula is C23H33ClN2. The predicted octanol–water partition coefficient (Wildman–Crippen LogP) is 6.88. The van der Waals surface area contributed by atoms with E-state index in [4.69, 9.17) is 17.0 Å². The molecule has 1 N–H and O–H groups in total. The number of nitrogens with zero attached hydrogens (tertiary/aromatic N) is 1.